The Kier molecular flexibility index (Phi) is 4.59. The number of carbonyl (C=O) groups is 1. The zero-order valence-electron chi connectivity index (χ0n) is 12.3. The SMILES string of the molecule is Cn1cncc1/C(O)=C(\C#N)C(=O)Nc1ccc(C(F)(F)F)cc1. The van der Waals surface area contributed by atoms with Crippen molar-refractivity contribution in [1.82, 2.24) is 9.55 Å². The van der Waals surface area contributed by atoms with Crippen LogP contribution in [0, 0.1) is 11.3 Å². The van der Waals surface area contributed by atoms with Crippen molar-refractivity contribution in [3.05, 3.63) is 53.6 Å². The number of amides is 1. The fraction of sp³-hybridized carbons (Fsp3) is 0.133. The molecule has 0 atom stereocenters. The summed E-state index contributed by atoms with van der Waals surface area (Å²) in [6.07, 6.45) is -1.86. The van der Waals surface area contributed by atoms with Gasteiger partial charge in [-0.1, -0.05) is 0 Å². The summed E-state index contributed by atoms with van der Waals surface area (Å²) in [5, 5.41) is 21.4. The highest BCUT2D eigenvalue weighted by atomic mass is 19.4. The molecule has 0 aliphatic heterocycles. The van der Waals surface area contributed by atoms with Crippen molar-refractivity contribution >= 4 is 17.4 Å². The van der Waals surface area contributed by atoms with Gasteiger partial charge in [-0.25, -0.2) is 4.98 Å². The molecule has 1 amide bonds. The molecule has 24 heavy (non-hydrogen) atoms. The first-order valence-electron chi connectivity index (χ1n) is 6.52. The van der Waals surface area contributed by atoms with Crippen LogP contribution < -0.4 is 5.32 Å². The molecule has 0 unspecified atom stereocenters. The monoisotopic (exact) mass is 336 g/mol. The maximum atomic E-state index is 12.5. The third kappa shape index (κ3) is 3.55. The first kappa shape index (κ1) is 17.1. The smallest absolute Gasteiger partial charge is 0.416 e. The number of aliphatic hydroxyl groups excluding tert-OH is 1. The molecule has 0 aliphatic carbocycles. The van der Waals surface area contributed by atoms with Crippen LogP contribution in [0.2, 0.25) is 0 Å². The first-order valence-corrected chi connectivity index (χ1v) is 6.52. The molecule has 124 valence electrons. The van der Waals surface area contributed by atoms with E-state index in [1.807, 2.05) is 0 Å². The number of anilines is 1. The number of nitrogens with zero attached hydrogens (tertiary/aromatic N) is 3. The molecule has 2 rings (SSSR count). The molecule has 1 aromatic carbocycles. The van der Waals surface area contributed by atoms with Crippen LogP contribution in [-0.2, 0) is 18.0 Å². The second-order valence-electron chi connectivity index (χ2n) is 4.75. The van der Waals surface area contributed by atoms with Crippen LogP contribution >= 0.6 is 0 Å². The van der Waals surface area contributed by atoms with Crippen LogP contribution in [0.25, 0.3) is 5.76 Å². The number of nitrogens with one attached hydrogen (secondary N) is 1. The quantitative estimate of drug-likeness (QED) is 0.512. The van der Waals surface area contributed by atoms with E-state index in [2.05, 4.69) is 10.3 Å². The number of aliphatic hydroxyl groups is 1. The average molecular weight is 336 g/mol. The molecule has 0 fully saturated rings. The topological polar surface area (TPSA) is 90.9 Å². The van der Waals surface area contributed by atoms with E-state index >= 15 is 0 Å². The fourth-order valence-electron chi connectivity index (χ4n) is 1.86. The Bertz CT molecular complexity index is 830. The molecule has 0 radical (unpaired) electrons. The normalized spacial score (nSPS) is 12.3. The number of hydrogen-bond donors (Lipinski definition) is 2. The van der Waals surface area contributed by atoms with Crippen LogP contribution in [0.15, 0.2) is 42.4 Å². The molecule has 2 aromatic rings. The minimum absolute atomic E-state index is 0.0542. The van der Waals surface area contributed by atoms with Crippen molar-refractivity contribution in [2.75, 3.05) is 5.32 Å². The van der Waals surface area contributed by atoms with E-state index < -0.39 is 29.0 Å². The van der Waals surface area contributed by atoms with E-state index in [-0.39, 0.29) is 11.4 Å². The fourth-order valence-corrected chi connectivity index (χ4v) is 1.86. The number of hydrogen-bond acceptors (Lipinski definition) is 4. The van der Waals surface area contributed by atoms with Gasteiger partial charge < -0.3 is 15.0 Å². The van der Waals surface area contributed by atoms with E-state index in [0.717, 1.165) is 24.3 Å². The number of aromatic nitrogens is 2. The number of nitriles is 1. The van der Waals surface area contributed by atoms with Crippen LogP contribution in [0.4, 0.5) is 18.9 Å². The lowest BCUT2D eigenvalue weighted by Gasteiger charge is -2.09. The summed E-state index contributed by atoms with van der Waals surface area (Å²) in [7, 11) is 1.56. The summed E-state index contributed by atoms with van der Waals surface area (Å²) in [6, 6.07) is 5.27. The van der Waals surface area contributed by atoms with Gasteiger partial charge >= 0.3 is 6.18 Å². The van der Waals surface area contributed by atoms with E-state index in [9.17, 15) is 23.1 Å². The number of benzene rings is 1. The molecule has 1 aromatic heterocycles. The largest absolute Gasteiger partial charge is 0.504 e. The molecule has 0 aliphatic rings. The first-order chi connectivity index (χ1) is 11.2. The summed E-state index contributed by atoms with van der Waals surface area (Å²) in [4.78, 5) is 15.8. The Morgan fingerprint density at radius 1 is 1.33 bits per heavy atom. The Morgan fingerprint density at radius 2 is 1.96 bits per heavy atom. The number of carbonyl (C=O) groups excluding carboxylic acids is 1. The molecule has 0 saturated heterocycles. The van der Waals surface area contributed by atoms with Crippen molar-refractivity contribution in [2.24, 2.45) is 7.05 Å². The molecule has 0 saturated carbocycles. The lowest BCUT2D eigenvalue weighted by Crippen LogP contribution is -2.16. The predicted octanol–water partition coefficient (Wildman–Crippen LogP) is 2.87. The van der Waals surface area contributed by atoms with Gasteiger partial charge in [0.15, 0.2) is 11.3 Å². The lowest BCUT2D eigenvalue weighted by atomic mass is 10.1. The van der Waals surface area contributed by atoms with Gasteiger partial charge in [0.1, 0.15) is 11.8 Å². The van der Waals surface area contributed by atoms with Crippen molar-refractivity contribution in [2.45, 2.75) is 6.18 Å². The summed E-state index contributed by atoms with van der Waals surface area (Å²) in [5.41, 5.74) is -1.25. The lowest BCUT2D eigenvalue weighted by molar-refractivity contribution is -0.137. The molecular formula is C15H11F3N4O2. The van der Waals surface area contributed by atoms with Crippen molar-refractivity contribution in [1.29, 1.82) is 5.26 Å². The summed E-state index contributed by atoms with van der Waals surface area (Å²) >= 11 is 0. The Hall–Kier alpha value is -3.28. The van der Waals surface area contributed by atoms with Gasteiger partial charge in [-0.2, -0.15) is 18.4 Å². The van der Waals surface area contributed by atoms with E-state index in [4.69, 9.17) is 5.26 Å². The van der Waals surface area contributed by atoms with Crippen LogP contribution in [0.1, 0.15) is 11.3 Å². The van der Waals surface area contributed by atoms with Gasteiger partial charge in [0.25, 0.3) is 5.91 Å². The maximum Gasteiger partial charge on any atom is 0.416 e. The van der Waals surface area contributed by atoms with E-state index in [1.165, 1.54) is 17.1 Å². The highest BCUT2D eigenvalue weighted by Gasteiger charge is 2.30. The molecule has 9 heteroatoms. The molecule has 0 spiro atoms. The number of imidazole rings is 1. The minimum atomic E-state index is -4.49. The van der Waals surface area contributed by atoms with Crippen molar-refractivity contribution in [3.63, 3.8) is 0 Å². The zero-order valence-corrected chi connectivity index (χ0v) is 12.3. The summed E-state index contributed by atoms with van der Waals surface area (Å²) in [6.45, 7) is 0. The van der Waals surface area contributed by atoms with Crippen molar-refractivity contribution in [3.8, 4) is 6.07 Å². The van der Waals surface area contributed by atoms with Gasteiger partial charge in [-0.05, 0) is 24.3 Å². The Morgan fingerprint density at radius 3 is 2.42 bits per heavy atom. The second-order valence-corrected chi connectivity index (χ2v) is 4.75. The molecule has 2 N–H and O–H groups in total. The molecule has 1 heterocycles. The molecule has 0 bridgehead atoms. The van der Waals surface area contributed by atoms with Crippen LogP contribution in [-0.4, -0.2) is 20.6 Å². The number of alkyl halides is 3. The number of halogens is 3. The highest BCUT2D eigenvalue weighted by molar-refractivity contribution is 6.10. The standard InChI is InChI=1S/C15H11F3N4O2/c1-22-8-20-7-12(22)13(23)11(6-19)14(24)21-10-4-2-9(3-5-10)15(16,17)18/h2-5,7-8,23H,1H3,(H,21,24)/b13-11-. The minimum Gasteiger partial charge on any atom is -0.504 e. The van der Waals surface area contributed by atoms with Crippen LogP contribution in [0.3, 0.4) is 0 Å². The number of aryl methyl sites for hydroxylation is 1. The van der Waals surface area contributed by atoms with E-state index in [0.29, 0.717) is 0 Å². The van der Waals surface area contributed by atoms with Gasteiger partial charge in [-0.15, -0.1) is 0 Å². The summed E-state index contributed by atoms with van der Waals surface area (Å²) in [5.74, 6) is -1.53. The molecule has 6 nitrogen and oxygen atoms in total. The summed E-state index contributed by atoms with van der Waals surface area (Å²) < 4.78 is 38.9. The van der Waals surface area contributed by atoms with Gasteiger partial charge in [0.2, 0.25) is 0 Å². The second kappa shape index (κ2) is 6.45. The maximum absolute atomic E-state index is 12.5. The van der Waals surface area contributed by atoms with Gasteiger partial charge in [0.05, 0.1) is 18.1 Å². The van der Waals surface area contributed by atoms with Crippen molar-refractivity contribution < 1.29 is 23.1 Å². The van der Waals surface area contributed by atoms with Gasteiger partial charge in [0, 0.05) is 12.7 Å². The molecular weight excluding hydrogens is 325 g/mol. The predicted molar refractivity (Wildman–Crippen MR) is 78.4 cm³/mol. The average Bonchev–Trinajstić information content (AvgIpc) is 2.93. The third-order valence-electron chi connectivity index (χ3n) is 3.11. The number of rotatable bonds is 3. The zero-order chi connectivity index (χ0) is 17.9. The Balaban J connectivity index is 2.25. The van der Waals surface area contributed by atoms with Gasteiger partial charge in [-0.3, -0.25) is 4.79 Å². The Labute approximate surface area is 134 Å². The van der Waals surface area contributed by atoms with Crippen LogP contribution in [0.5, 0.6) is 0 Å². The third-order valence-corrected chi connectivity index (χ3v) is 3.11. The highest BCUT2D eigenvalue weighted by Crippen LogP contribution is 2.30. The van der Waals surface area contributed by atoms with E-state index in [1.54, 1.807) is 13.1 Å².